The van der Waals surface area contributed by atoms with Gasteiger partial charge in [0, 0.05) is 26.0 Å². The second kappa shape index (κ2) is 6.18. The van der Waals surface area contributed by atoms with E-state index in [4.69, 9.17) is 0 Å². The van der Waals surface area contributed by atoms with Crippen LogP contribution >= 0.6 is 11.3 Å². The number of H-pyrrole nitrogens is 1. The quantitative estimate of drug-likeness (QED) is 0.938. The van der Waals surface area contributed by atoms with Gasteiger partial charge in [-0.25, -0.2) is 4.98 Å². The number of nitrogens with one attached hydrogen (secondary N) is 1. The largest absolute Gasteiger partial charge is 0.345 e. The van der Waals surface area contributed by atoms with Crippen molar-refractivity contribution in [2.24, 2.45) is 0 Å². The molecule has 0 radical (unpaired) electrons. The van der Waals surface area contributed by atoms with Gasteiger partial charge in [-0.3, -0.25) is 14.8 Å². The Bertz CT molecular complexity index is 662. The molecule has 1 saturated heterocycles. The number of hydrogen-bond donors (Lipinski definition) is 1. The average Bonchev–Trinajstić information content (AvgIpc) is 3.18. The highest BCUT2D eigenvalue weighted by atomic mass is 32.1. The van der Waals surface area contributed by atoms with E-state index in [1.165, 1.54) is 0 Å². The Balaban J connectivity index is 1.81. The van der Waals surface area contributed by atoms with Crippen LogP contribution in [0.15, 0.2) is 11.6 Å². The summed E-state index contributed by atoms with van der Waals surface area (Å²) in [7, 11) is 3.53. The number of hydrogen-bond acceptors (Lipinski definition) is 5. The summed E-state index contributed by atoms with van der Waals surface area (Å²) in [5, 5.41) is 10.4. The van der Waals surface area contributed by atoms with Crippen LogP contribution in [0.5, 0.6) is 0 Å². The summed E-state index contributed by atoms with van der Waals surface area (Å²) in [5.41, 5.74) is 2.72. The lowest BCUT2D eigenvalue weighted by Crippen LogP contribution is -2.27. The van der Waals surface area contributed by atoms with Crippen LogP contribution in [-0.2, 0) is 6.54 Å². The molecule has 1 aliphatic heterocycles. The molecule has 1 fully saturated rings. The third-order valence-electron chi connectivity index (χ3n) is 4.03. The molecule has 0 saturated carbocycles. The van der Waals surface area contributed by atoms with E-state index in [-0.39, 0.29) is 11.9 Å². The van der Waals surface area contributed by atoms with Gasteiger partial charge in [-0.15, -0.1) is 11.3 Å². The second-order valence-electron chi connectivity index (χ2n) is 5.88. The van der Waals surface area contributed by atoms with Crippen molar-refractivity contribution in [2.45, 2.75) is 32.4 Å². The first-order valence-corrected chi connectivity index (χ1v) is 8.34. The molecule has 3 rings (SSSR count). The van der Waals surface area contributed by atoms with E-state index >= 15 is 0 Å². The van der Waals surface area contributed by atoms with Crippen LogP contribution < -0.4 is 0 Å². The van der Waals surface area contributed by atoms with Crippen LogP contribution in [0.2, 0.25) is 0 Å². The summed E-state index contributed by atoms with van der Waals surface area (Å²) in [4.78, 5) is 20.8. The van der Waals surface area contributed by atoms with Crippen LogP contribution in [0.25, 0.3) is 0 Å². The number of likely N-dealkylation sites (tertiary alicyclic amines) is 1. The molecule has 1 N–H and O–H groups in total. The molecule has 0 unspecified atom stereocenters. The lowest BCUT2D eigenvalue weighted by Gasteiger charge is -2.24. The van der Waals surface area contributed by atoms with Gasteiger partial charge in [-0.2, -0.15) is 5.10 Å². The molecule has 1 atom stereocenters. The highest BCUT2D eigenvalue weighted by Gasteiger charge is 2.31. The van der Waals surface area contributed by atoms with E-state index in [0.29, 0.717) is 5.56 Å². The van der Waals surface area contributed by atoms with Gasteiger partial charge in [0.1, 0.15) is 0 Å². The first kappa shape index (κ1) is 15.2. The number of thiazole rings is 1. The maximum atomic E-state index is 12.3. The molecular weight excluding hydrogens is 298 g/mol. The Morgan fingerprint density at radius 1 is 1.55 bits per heavy atom. The molecule has 0 aromatic carbocycles. The van der Waals surface area contributed by atoms with E-state index in [0.717, 1.165) is 42.3 Å². The van der Waals surface area contributed by atoms with Gasteiger partial charge in [0.2, 0.25) is 0 Å². The van der Waals surface area contributed by atoms with E-state index in [1.807, 2.05) is 6.92 Å². The van der Waals surface area contributed by atoms with Crippen molar-refractivity contribution in [2.75, 3.05) is 20.6 Å². The van der Waals surface area contributed by atoms with Gasteiger partial charge in [-0.1, -0.05) is 0 Å². The summed E-state index contributed by atoms with van der Waals surface area (Å²) in [6, 6.07) is 0.211. The van der Waals surface area contributed by atoms with Crippen LogP contribution in [0.1, 0.15) is 45.6 Å². The number of nitrogens with zero attached hydrogens (tertiary/aromatic N) is 4. The zero-order valence-corrected chi connectivity index (χ0v) is 14.0. The molecular formula is C15H21N5OS. The predicted octanol–water partition coefficient (Wildman–Crippen LogP) is 2.21. The molecule has 0 bridgehead atoms. The monoisotopic (exact) mass is 319 g/mol. The molecule has 7 heteroatoms. The van der Waals surface area contributed by atoms with E-state index in [9.17, 15) is 4.79 Å². The van der Waals surface area contributed by atoms with E-state index in [2.05, 4.69) is 25.5 Å². The molecule has 0 spiro atoms. The standard InChI is InChI=1S/C15H21N5OS/c1-10-17-11(9-22-10)8-20-6-4-5-13(20)14-12(7-16-18-14)15(21)19(2)3/h7,9,13H,4-6,8H2,1-3H3,(H,16,18)/t13-/m1/s1. The predicted molar refractivity (Wildman–Crippen MR) is 85.8 cm³/mol. The van der Waals surface area contributed by atoms with Gasteiger partial charge >= 0.3 is 0 Å². The third kappa shape index (κ3) is 2.91. The molecule has 0 aliphatic carbocycles. The summed E-state index contributed by atoms with van der Waals surface area (Å²) in [6.45, 7) is 3.87. The van der Waals surface area contributed by atoms with Crippen molar-refractivity contribution >= 4 is 17.2 Å². The SMILES string of the molecule is Cc1nc(CN2CCC[C@@H]2c2[nH]ncc2C(=O)N(C)C)cs1. The fourth-order valence-corrected chi connectivity index (χ4v) is 3.60. The zero-order valence-electron chi connectivity index (χ0n) is 13.2. The number of amides is 1. The Hall–Kier alpha value is -1.73. The number of aryl methyl sites for hydroxylation is 1. The average molecular weight is 319 g/mol. The summed E-state index contributed by atoms with van der Waals surface area (Å²) < 4.78 is 0. The minimum absolute atomic E-state index is 0.0000952. The first-order valence-electron chi connectivity index (χ1n) is 7.46. The van der Waals surface area contributed by atoms with E-state index < -0.39 is 0 Å². The molecule has 1 aliphatic rings. The summed E-state index contributed by atoms with van der Waals surface area (Å²) >= 11 is 1.68. The smallest absolute Gasteiger partial charge is 0.256 e. The maximum absolute atomic E-state index is 12.3. The number of aromatic nitrogens is 3. The molecule has 2 aromatic heterocycles. The van der Waals surface area contributed by atoms with Crippen LogP contribution in [0.4, 0.5) is 0 Å². The van der Waals surface area contributed by atoms with Gasteiger partial charge in [0.05, 0.1) is 34.2 Å². The van der Waals surface area contributed by atoms with Gasteiger partial charge in [0.25, 0.3) is 5.91 Å². The lowest BCUT2D eigenvalue weighted by molar-refractivity contribution is 0.0824. The van der Waals surface area contributed by atoms with Crippen molar-refractivity contribution < 1.29 is 4.79 Å². The third-order valence-corrected chi connectivity index (χ3v) is 4.86. The zero-order chi connectivity index (χ0) is 15.7. The molecule has 22 heavy (non-hydrogen) atoms. The lowest BCUT2D eigenvalue weighted by atomic mass is 10.1. The Kier molecular flexibility index (Phi) is 4.26. The van der Waals surface area contributed by atoms with Crippen molar-refractivity contribution in [3.8, 4) is 0 Å². The van der Waals surface area contributed by atoms with Crippen molar-refractivity contribution in [1.29, 1.82) is 0 Å². The number of carbonyl (C=O) groups is 1. The van der Waals surface area contributed by atoms with Crippen LogP contribution in [0.3, 0.4) is 0 Å². The van der Waals surface area contributed by atoms with Crippen LogP contribution in [0, 0.1) is 6.92 Å². The van der Waals surface area contributed by atoms with Gasteiger partial charge < -0.3 is 4.90 Å². The first-order chi connectivity index (χ1) is 10.6. The number of rotatable bonds is 4. The normalized spacial score (nSPS) is 18.8. The minimum atomic E-state index is 0.0000952. The molecule has 118 valence electrons. The van der Waals surface area contributed by atoms with Crippen molar-refractivity contribution in [1.82, 2.24) is 25.0 Å². The number of carbonyl (C=O) groups excluding carboxylic acids is 1. The number of aromatic amines is 1. The topological polar surface area (TPSA) is 65.1 Å². The fourth-order valence-electron chi connectivity index (χ4n) is 2.99. The highest BCUT2D eigenvalue weighted by Crippen LogP contribution is 2.34. The van der Waals surface area contributed by atoms with Gasteiger partial charge in [-0.05, 0) is 26.3 Å². The van der Waals surface area contributed by atoms with E-state index in [1.54, 1.807) is 36.5 Å². The fraction of sp³-hybridized carbons (Fsp3) is 0.533. The maximum Gasteiger partial charge on any atom is 0.256 e. The Morgan fingerprint density at radius 3 is 3.05 bits per heavy atom. The Morgan fingerprint density at radius 2 is 2.36 bits per heavy atom. The van der Waals surface area contributed by atoms with Crippen molar-refractivity contribution in [3.05, 3.63) is 33.5 Å². The summed E-state index contributed by atoms with van der Waals surface area (Å²) in [5.74, 6) is 0.0000952. The van der Waals surface area contributed by atoms with Crippen LogP contribution in [-0.4, -0.2) is 51.5 Å². The molecule has 1 amide bonds. The van der Waals surface area contributed by atoms with Crippen molar-refractivity contribution in [3.63, 3.8) is 0 Å². The Labute approximate surface area is 134 Å². The molecule has 3 heterocycles. The minimum Gasteiger partial charge on any atom is -0.345 e. The highest BCUT2D eigenvalue weighted by molar-refractivity contribution is 7.09. The molecule has 6 nitrogen and oxygen atoms in total. The second-order valence-corrected chi connectivity index (χ2v) is 6.95. The molecule has 2 aromatic rings. The van der Waals surface area contributed by atoms with Gasteiger partial charge in [0.15, 0.2) is 0 Å². The summed E-state index contributed by atoms with van der Waals surface area (Å²) in [6.07, 6.45) is 3.81.